The molecule has 0 aliphatic heterocycles. The third-order valence-electron chi connectivity index (χ3n) is 0.974. The third kappa shape index (κ3) is 6.34. The number of hydrogen-bond donors (Lipinski definition) is 2. The van der Waals surface area contributed by atoms with Gasteiger partial charge in [-0.1, -0.05) is 6.92 Å². The highest BCUT2D eigenvalue weighted by atomic mass is 32.2. The SMILES string of the molecule is CSC(C)CNS(N)(=O)=O. The zero-order chi connectivity index (χ0) is 8.20. The van der Waals surface area contributed by atoms with Crippen LogP contribution >= 0.6 is 11.8 Å². The van der Waals surface area contributed by atoms with Crippen LogP contribution in [-0.2, 0) is 10.2 Å². The van der Waals surface area contributed by atoms with Crippen molar-refractivity contribution in [3.8, 4) is 0 Å². The van der Waals surface area contributed by atoms with Gasteiger partial charge in [0, 0.05) is 11.8 Å². The van der Waals surface area contributed by atoms with Gasteiger partial charge in [0.2, 0.25) is 0 Å². The molecule has 0 rings (SSSR count). The fourth-order valence-electron chi connectivity index (χ4n) is 0.317. The van der Waals surface area contributed by atoms with Crippen molar-refractivity contribution in [2.45, 2.75) is 12.2 Å². The Morgan fingerprint density at radius 3 is 2.50 bits per heavy atom. The predicted octanol–water partition coefficient (Wildman–Crippen LogP) is -0.469. The van der Waals surface area contributed by atoms with Gasteiger partial charge >= 0.3 is 0 Å². The lowest BCUT2D eigenvalue weighted by molar-refractivity contribution is 0.583. The van der Waals surface area contributed by atoms with E-state index >= 15 is 0 Å². The van der Waals surface area contributed by atoms with E-state index in [-0.39, 0.29) is 5.25 Å². The molecular weight excluding hydrogens is 172 g/mol. The van der Waals surface area contributed by atoms with Gasteiger partial charge in [-0.3, -0.25) is 0 Å². The van der Waals surface area contributed by atoms with Crippen LogP contribution in [0.5, 0.6) is 0 Å². The minimum Gasteiger partial charge on any atom is -0.216 e. The van der Waals surface area contributed by atoms with E-state index in [1.807, 2.05) is 13.2 Å². The second kappa shape index (κ2) is 4.17. The van der Waals surface area contributed by atoms with Crippen LogP contribution in [0.2, 0.25) is 0 Å². The van der Waals surface area contributed by atoms with E-state index in [1.54, 1.807) is 11.8 Å². The van der Waals surface area contributed by atoms with Crippen molar-refractivity contribution in [3.63, 3.8) is 0 Å². The van der Waals surface area contributed by atoms with Crippen molar-refractivity contribution in [1.29, 1.82) is 0 Å². The maximum Gasteiger partial charge on any atom is 0.274 e. The predicted molar refractivity (Wildman–Crippen MR) is 44.1 cm³/mol. The Morgan fingerprint density at radius 1 is 1.70 bits per heavy atom. The third-order valence-corrected chi connectivity index (χ3v) is 2.51. The summed E-state index contributed by atoms with van der Waals surface area (Å²) >= 11 is 1.58. The maximum absolute atomic E-state index is 10.3. The summed E-state index contributed by atoms with van der Waals surface area (Å²) in [5.74, 6) is 0. The fraction of sp³-hybridized carbons (Fsp3) is 1.00. The van der Waals surface area contributed by atoms with Gasteiger partial charge in [-0.25, -0.2) is 9.86 Å². The van der Waals surface area contributed by atoms with Crippen molar-refractivity contribution in [3.05, 3.63) is 0 Å². The summed E-state index contributed by atoms with van der Waals surface area (Å²) in [5, 5.41) is 4.95. The van der Waals surface area contributed by atoms with Gasteiger partial charge in [0.25, 0.3) is 10.2 Å². The standard InChI is InChI=1S/C4H12N2O2S2/c1-4(9-2)3-6-10(5,7)8/h4,6H,3H2,1-2H3,(H2,5,7,8). The summed E-state index contributed by atoms with van der Waals surface area (Å²) in [6.07, 6.45) is 1.91. The first-order valence-electron chi connectivity index (χ1n) is 2.76. The summed E-state index contributed by atoms with van der Waals surface area (Å²) in [6.45, 7) is 2.31. The molecule has 0 amide bonds. The number of nitrogens with one attached hydrogen (secondary N) is 1. The molecule has 0 fully saturated rings. The van der Waals surface area contributed by atoms with E-state index < -0.39 is 10.2 Å². The van der Waals surface area contributed by atoms with Crippen LogP contribution in [0.1, 0.15) is 6.92 Å². The van der Waals surface area contributed by atoms with Gasteiger partial charge in [0.15, 0.2) is 0 Å². The minimum atomic E-state index is -3.49. The van der Waals surface area contributed by atoms with Crippen LogP contribution < -0.4 is 9.86 Å². The summed E-state index contributed by atoms with van der Waals surface area (Å²) in [6, 6.07) is 0. The monoisotopic (exact) mass is 184 g/mol. The number of thioether (sulfide) groups is 1. The molecule has 0 radical (unpaired) electrons. The smallest absolute Gasteiger partial charge is 0.216 e. The molecule has 0 heterocycles. The molecule has 0 aromatic carbocycles. The molecular formula is C4H12N2O2S2. The second-order valence-electron chi connectivity index (χ2n) is 1.94. The average Bonchev–Trinajstić information content (AvgIpc) is 1.81. The zero-order valence-corrected chi connectivity index (χ0v) is 7.63. The molecule has 1 atom stereocenters. The lowest BCUT2D eigenvalue weighted by Crippen LogP contribution is -2.34. The molecule has 0 bridgehead atoms. The number of hydrogen-bond acceptors (Lipinski definition) is 3. The van der Waals surface area contributed by atoms with E-state index in [0.717, 1.165) is 0 Å². The molecule has 1 unspecified atom stereocenters. The summed E-state index contributed by atoms with van der Waals surface area (Å²) in [5.41, 5.74) is 0. The normalized spacial score (nSPS) is 15.1. The van der Waals surface area contributed by atoms with Crippen LogP contribution in [-0.4, -0.2) is 26.5 Å². The number of rotatable bonds is 4. The molecule has 3 N–H and O–H groups in total. The van der Waals surface area contributed by atoms with E-state index in [9.17, 15) is 8.42 Å². The Labute approximate surface area is 65.7 Å². The maximum atomic E-state index is 10.3. The first kappa shape index (κ1) is 10.2. The van der Waals surface area contributed by atoms with Crippen molar-refractivity contribution in [2.75, 3.05) is 12.8 Å². The minimum absolute atomic E-state index is 0.262. The Bertz CT molecular complexity index is 178. The lowest BCUT2D eigenvalue weighted by Gasteiger charge is -2.06. The molecule has 0 aromatic heterocycles. The van der Waals surface area contributed by atoms with Crippen LogP contribution in [0, 0.1) is 0 Å². The Hall–Kier alpha value is 0.220. The van der Waals surface area contributed by atoms with Gasteiger partial charge in [-0.2, -0.15) is 20.2 Å². The van der Waals surface area contributed by atoms with Crippen LogP contribution in [0.4, 0.5) is 0 Å². The molecule has 10 heavy (non-hydrogen) atoms. The highest BCUT2D eigenvalue weighted by Crippen LogP contribution is 2.02. The number of nitrogens with two attached hydrogens (primary N) is 1. The molecule has 0 saturated carbocycles. The van der Waals surface area contributed by atoms with Gasteiger partial charge in [0.1, 0.15) is 0 Å². The molecule has 4 nitrogen and oxygen atoms in total. The van der Waals surface area contributed by atoms with Crippen LogP contribution in [0.15, 0.2) is 0 Å². The van der Waals surface area contributed by atoms with Gasteiger partial charge < -0.3 is 0 Å². The topological polar surface area (TPSA) is 72.2 Å². The largest absolute Gasteiger partial charge is 0.274 e. The Kier molecular flexibility index (Phi) is 4.26. The second-order valence-corrected chi connectivity index (χ2v) is 4.59. The van der Waals surface area contributed by atoms with E-state index in [4.69, 9.17) is 5.14 Å². The van der Waals surface area contributed by atoms with Gasteiger partial charge in [-0.15, -0.1) is 0 Å². The summed E-state index contributed by atoms with van der Waals surface area (Å²) in [4.78, 5) is 0. The van der Waals surface area contributed by atoms with Gasteiger partial charge in [-0.05, 0) is 6.26 Å². The molecule has 6 heteroatoms. The zero-order valence-electron chi connectivity index (χ0n) is 5.99. The average molecular weight is 184 g/mol. The first-order valence-corrected chi connectivity index (χ1v) is 5.59. The highest BCUT2D eigenvalue weighted by molar-refractivity contribution is 7.99. The quantitative estimate of drug-likeness (QED) is 0.620. The van der Waals surface area contributed by atoms with Crippen molar-refractivity contribution in [2.24, 2.45) is 5.14 Å². The Morgan fingerprint density at radius 2 is 2.20 bits per heavy atom. The molecule has 0 aliphatic rings. The van der Waals surface area contributed by atoms with Crippen molar-refractivity contribution >= 4 is 22.0 Å². The Balaban J connectivity index is 3.56. The molecule has 0 saturated heterocycles. The van der Waals surface area contributed by atoms with Crippen molar-refractivity contribution < 1.29 is 8.42 Å². The van der Waals surface area contributed by atoms with E-state index in [1.165, 1.54) is 0 Å². The summed E-state index contributed by atoms with van der Waals surface area (Å²) < 4.78 is 22.8. The fourth-order valence-corrected chi connectivity index (χ4v) is 1.15. The van der Waals surface area contributed by atoms with Crippen LogP contribution in [0.25, 0.3) is 0 Å². The molecule has 0 aromatic rings. The van der Waals surface area contributed by atoms with E-state index in [0.29, 0.717) is 6.54 Å². The first-order chi connectivity index (χ1) is 4.45. The molecule has 62 valence electrons. The lowest BCUT2D eigenvalue weighted by atomic mass is 10.5. The van der Waals surface area contributed by atoms with Crippen LogP contribution in [0.3, 0.4) is 0 Å². The molecule has 0 aliphatic carbocycles. The highest BCUT2D eigenvalue weighted by Gasteiger charge is 2.03. The van der Waals surface area contributed by atoms with Crippen molar-refractivity contribution in [1.82, 2.24) is 4.72 Å². The van der Waals surface area contributed by atoms with E-state index in [2.05, 4.69) is 4.72 Å². The summed E-state index contributed by atoms with van der Waals surface area (Å²) in [7, 11) is -3.49. The van der Waals surface area contributed by atoms with Gasteiger partial charge in [0.05, 0.1) is 0 Å². The molecule has 0 spiro atoms.